The van der Waals surface area contributed by atoms with Crippen LogP contribution in [-0.4, -0.2) is 51.1 Å². The molecule has 132 valence electrons. The van der Waals surface area contributed by atoms with E-state index in [0.29, 0.717) is 11.3 Å². The molecule has 3 rings (SSSR count). The number of piperazine rings is 1. The monoisotopic (exact) mass is 339 g/mol. The highest BCUT2D eigenvalue weighted by Crippen LogP contribution is 2.23. The first-order valence-electron chi connectivity index (χ1n) is 8.56. The summed E-state index contributed by atoms with van der Waals surface area (Å²) in [7, 11) is 3.72. The van der Waals surface area contributed by atoms with E-state index in [1.54, 1.807) is 7.11 Å². The van der Waals surface area contributed by atoms with Gasteiger partial charge in [-0.3, -0.25) is 4.79 Å². The molecule has 1 saturated heterocycles. The molecule has 1 aliphatic rings. The highest BCUT2D eigenvalue weighted by Gasteiger charge is 2.15. The van der Waals surface area contributed by atoms with Crippen LogP contribution in [0.1, 0.15) is 15.9 Å². The van der Waals surface area contributed by atoms with E-state index in [0.717, 1.165) is 37.4 Å². The van der Waals surface area contributed by atoms with Crippen LogP contribution in [0.5, 0.6) is 5.75 Å². The maximum Gasteiger partial charge on any atom is 0.259 e. The van der Waals surface area contributed by atoms with E-state index in [9.17, 15) is 4.79 Å². The number of hydrogen-bond acceptors (Lipinski definition) is 4. The van der Waals surface area contributed by atoms with Gasteiger partial charge in [-0.05, 0) is 50.4 Å². The zero-order valence-electron chi connectivity index (χ0n) is 15.1. The van der Waals surface area contributed by atoms with E-state index in [4.69, 9.17) is 4.74 Å². The lowest BCUT2D eigenvalue weighted by atomic mass is 10.1. The van der Waals surface area contributed by atoms with Crippen LogP contribution in [0.2, 0.25) is 0 Å². The molecule has 2 aromatic carbocycles. The summed E-state index contributed by atoms with van der Waals surface area (Å²) >= 11 is 0. The largest absolute Gasteiger partial charge is 0.496 e. The molecule has 1 aliphatic heterocycles. The van der Waals surface area contributed by atoms with Gasteiger partial charge < -0.3 is 19.9 Å². The third-order valence-corrected chi connectivity index (χ3v) is 4.59. The Hall–Kier alpha value is -2.53. The Morgan fingerprint density at radius 3 is 2.36 bits per heavy atom. The van der Waals surface area contributed by atoms with Crippen LogP contribution in [0.25, 0.3) is 0 Å². The first kappa shape index (κ1) is 17.3. The molecule has 25 heavy (non-hydrogen) atoms. The van der Waals surface area contributed by atoms with Crippen molar-refractivity contribution in [3.63, 3.8) is 0 Å². The van der Waals surface area contributed by atoms with Gasteiger partial charge in [0.25, 0.3) is 5.91 Å². The Balaban J connectivity index is 1.69. The number of methoxy groups -OCH3 is 1. The molecular formula is C20H25N3O2. The van der Waals surface area contributed by atoms with Gasteiger partial charge in [-0.15, -0.1) is 0 Å². The second-order valence-electron chi connectivity index (χ2n) is 6.50. The fraction of sp³-hybridized carbons (Fsp3) is 0.350. The standard InChI is InChI=1S/C20H25N3O2/c1-15-4-9-19(25-3)18(14-15)20(24)21-16-5-7-17(8-6-16)23-12-10-22(2)11-13-23/h4-9,14H,10-13H2,1-3H3,(H,21,24). The molecule has 2 aromatic rings. The van der Waals surface area contributed by atoms with Gasteiger partial charge >= 0.3 is 0 Å². The number of rotatable bonds is 4. The van der Waals surface area contributed by atoms with Crippen LogP contribution < -0.4 is 15.0 Å². The number of carbonyl (C=O) groups excluding carboxylic acids is 1. The Kier molecular flexibility index (Phi) is 5.24. The van der Waals surface area contributed by atoms with Gasteiger partial charge in [-0.25, -0.2) is 0 Å². The summed E-state index contributed by atoms with van der Waals surface area (Å²) in [5, 5.41) is 2.95. The molecule has 0 aromatic heterocycles. The van der Waals surface area contributed by atoms with Crippen molar-refractivity contribution in [3.8, 4) is 5.75 Å². The molecule has 0 atom stereocenters. The quantitative estimate of drug-likeness (QED) is 0.930. The van der Waals surface area contributed by atoms with Gasteiger partial charge in [-0.2, -0.15) is 0 Å². The molecule has 0 spiro atoms. The molecule has 1 amide bonds. The molecule has 0 saturated carbocycles. The van der Waals surface area contributed by atoms with Crippen LogP contribution in [0.15, 0.2) is 42.5 Å². The minimum Gasteiger partial charge on any atom is -0.496 e. The number of hydrogen-bond donors (Lipinski definition) is 1. The highest BCUT2D eigenvalue weighted by atomic mass is 16.5. The van der Waals surface area contributed by atoms with E-state index in [1.165, 1.54) is 5.69 Å². The van der Waals surface area contributed by atoms with Crippen molar-refractivity contribution in [2.45, 2.75) is 6.92 Å². The first-order valence-corrected chi connectivity index (χ1v) is 8.56. The van der Waals surface area contributed by atoms with Gasteiger partial charge in [0.05, 0.1) is 12.7 Å². The minimum atomic E-state index is -0.159. The molecule has 1 heterocycles. The fourth-order valence-electron chi connectivity index (χ4n) is 3.02. The summed E-state index contributed by atoms with van der Waals surface area (Å²) < 4.78 is 5.29. The van der Waals surface area contributed by atoms with Crippen molar-refractivity contribution in [2.75, 3.05) is 50.6 Å². The maximum absolute atomic E-state index is 12.6. The van der Waals surface area contributed by atoms with Crippen molar-refractivity contribution < 1.29 is 9.53 Å². The van der Waals surface area contributed by atoms with Crippen LogP contribution in [0.3, 0.4) is 0 Å². The summed E-state index contributed by atoms with van der Waals surface area (Å²) in [6, 6.07) is 13.6. The van der Waals surface area contributed by atoms with E-state index >= 15 is 0 Å². The number of aryl methyl sites for hydroxylation is 1. The Morgan fingerprint density at radius 2 is 1.72 bits per heavy atom. The lowest BCUT2D eigenvalue weighted by molar-refractivity contribution is 0.102. The summed E-state index contributed by atoms with van der Waals surface area (Å²) in [5.41, 5.74) is 3.55. The van der Waals surface area contributed by atoms with E-state index in [1.807, 2.05) is 37.3 Å². The number of likely N-dealkylation sites (N-methyl/N-ethyl adjacent to an activating group) is 1. The second kappa shape index (κ2) is 7.57. The van der Waals surface area contributed by atoms with Crippen molar-refractivity contribution in [1.29, 1.82) is 0 Å². The van der Waals surface area contributed by atoms with Crippen molar-refractivity contribution >= 4 is 17.3 Å². The molecule has 5 nitrogen and oxygen atoms in total. The average Bonchev–Trinajstić information content (AvgIpc) is 2.63. The second-order valence-corrected chi connectivity index (χ2v) is 6.50. The van der Waals surface area contributed by atoms with Crippen LogP contribution >= 0.6 is 0 Å². The predicted molar refractivity (Wildman–Crippen MR) is 102 cm³/mol. The van der Waals surface area contributed by atoms with Gasteiger partial charge in [-0.1, -0.05) is 11.6 Å². The first-order chi connectivity index (χ1) is 12.1. The normalized spacial score (nSPS) is 15.1. The minimum absolute atomic E-state index is 0.159. The summed E-state index contributed by atoms with van der Waals surface area (Å²) in [6.45, 7) is 6.17. The predicted octanol–water partition coefficient (Wildman–Crippen LogP) is 3.01. The van der Waals surface area contributed by atoms with E-state index in [2.05, 4.69) is 34.3 Å². The number of ether oxygens (including phenoxy) is 1. The van der Waals surface area contributed by atoms with Crippen LogP contribution in [0, 0.1) is 6.92 Å². The Morgan fingerprint density at radius 1 is 1.04 bits per heavy atom. The summed E-state index contributed by atoms with van der Waals surface area (Å²) in [5.74, 6) is 0.421. The smallest absolute Gasteiger partial charge is 0.259 e. The third-order valence-electron chi connectivity index (χ3n) is 4.59. The summed E-state index contributed by atoms with van der Waals surface area (Å²) in [4.78, 5) is 17.3. The van der Waals surface area contributed by atoms with Crippen LogP contribution in [-0.2, 0) is 0 Å². The van der Waals surface area contributed by atoms with E-state index < -0.39 is 0 Å². The number of nitrogens with one attached hydrogen (secondary N) is 1. The molecule has 0 radical (unpaired) electrons. The van der Waals surface area contributed by atoms with Gasteiger partial charge in [0, 0.05) is 37.6 Å². The van der Waals surface area contributed by atoms with Crippen LogP contribution in [0.4, 0.5) is 11.4 Å². The molecule has 1 fully saturated rings. The molecule has 0 bridgehead atoms. The molecule has 0 unspecified atom stereocenters. The van der Waals surface area contributed by atoms with Crippen molar-refractivity contribution in [2.24, 2.45) is 0 Å². The Bertz CT molecular complexity index is 735. The molecule has 1 N–H and O–H groups in total. The number of carbonyl (C=O) groups is 1. The topological polar surface area (TPSA) is 44.8 Å². The van der Waals surface area contributed by atoms with Crippen molar-refractivity contribution in [1.82, 2.24) is 4.90 Å². The third kappa shape index (κ3) is 4.12. The fourth-order valence-corrected chi connectivity index (χ4v) is 3.02. The van der Waals surface area contributed by atoms with Gasteiger partial charge in [0.1, 0.15) is 5.75 Å². The molecule has 0 aliphatic carbocycles. The van der Waals surface area contributed by atoms with Crippen molar-refractivity contribution in [3.05, 3.63) is 53.6 Å². The van der Waals surface area contributed by atoms with Gasteiger partial charge in [0.15, 0.2) is 0 Å². The number of nitrogens with zero attached hydrogens (tertiary/aromatic N) is 2. The average molecular weight is 339 g/mol. The lowest BCUT2D eigenvalue weighted by Crippen LogP contribution is -2.44. The van der Waals surface area contributed by atoms with E-state index in [-0.39, 0.29) is 5.91 Å². The zero-order valence-corrected chi connectivity index (χ0v) is 15.1. The highest BCUT2D eigenvalue weighted by molar-refractivity contribution is 6.06. The molecule has 5 heteroatoms. The number of amides is 1. The lowest BCUT2D eigenvalue weighted by Gasteiger charge is -2.34. The summed E-state index contributed by atoms with van der Waals surface area (Å²) in [6.07, 6.45) is 0. The SMILES string of the molecule is COc1ccc(C)cc1C(=O)Nc1ccc(N2CCN(C)CC2)cc1. The number of anilines is 2. The van der Waals surface area contributed by atoms with Gasteiger partial charge in [0.2, 0.25) is 0 Å². The molecular weight excluding hydrogens is 314 g/mol. The number of benzene rings is 2. The maximum atomic E-state index is 12.6. The zero-order chi connectivity index (χ0) is 17.8. The Labute approximate surface area is 149 Å².